The number of fused-ring (bicyclic) bond motifs is 1. The summed E-state index contributed by atoms with van der Waals surface area (Å²) in [6.07, 6.45) is -4.52. The van der Waals surface area contributed by atoms with Gasteiger partial charge in [-0.25, -0.2) is 14.3 Å². The zero-order valence-corrected chi connectivity index (χ0v) is 45.7. The number of nitrogens with one attached hydrogen (secondary N) is 3. The minimum Gasteiger partial charge on any atom is -0.497 e. The molecule has 1 unspecified atom stereocenters. The highest BCUT2D eigenvalue weighted by Crippen LogP contribution is 2.55. The largest absolute Gasteiger partial charge is 0.497 e. The number of benzene rings is 4. The summed E-state index contributed by atoms with van der Waals surface area (Å²) >= 11 is 0. The number of carbonyl (C=O) groups excluding carboxylic acids is 1. The molecule has 5 N–H and O–H groups in total. The zero-order chi connectivity index (χ0) is 56.4. The number of nitrogens with zero attached hydrogens (tertiary/aromatic N) is 6. The maximum absolute atomic E-state index is 15.2. The molecule has 5 heterocycles. The summed E-state index contributed by atoms with van der Waals surface area (Å²) in [6, 6.07) is 35.9. The quantitative estimate of drug-likeness (QED) is 0.0212. The number of rotatable bonds is 25. The molecule has 0 radical (unpaired) electrons. The molecule has 9 rings (SSSR count). The van der Waals surface area contributed by atoms with Gasteiger partial charge in [-0.1, -0.05) is 86.6 Å². The Morgan fingerprint density at radius 2 is 1.45 bits per heavy atom. The molecular weight excluding hydrogens is 1080 g/mol. The van der Waals surface area contributed by atoms with Crippen LogP contribution in [0.25, 0.3) is 11.2 Å². The summed E-state index contributed by atoms with van der Waals surface area (Å²) in [4.78, 5) is 75.9. The molecule has 0 aliphatic carbocycles. The minimum absolute atomic E-state index is 0.0182. The second kappa shape index (κ2) is 25.9. The van der Waals surface area contributed by atoms with Crippen molar-refractivity contribution in [3.05, 3.63) is 171 Å². The van der Waals surface area contributed by atoms with Crippen molar-refractivity contribution in [1.29, 1.82) is 5.26 Å². The maximum Gasteiger partial charge on any atom is 0.475 e. The topological polar surface area (TPSA) is 304 Å². The average molecular weight is 1140 g/mol. The normalized spacial score (nSPS) is 19.9. The lowest BCUT2D eigenvalue weighted by Gasteiger charge is -2.37. The second-order valence-electron chi connectivity index (χ2n) is 18.9. The van der Waals surface area contributed by atoms with E-state index in [-0.39, 0.29) is 54.7 Å². The van der Waals surface area contributed by atoms with E-state index in [1.165, 1.54) is 27.7 Å². The number of nitriles is 1. The van der Waals surface area contributed by atoms with E-state index in [2.05, 4.69) is 30.6 Å². The first kappa shape index (κ1) is 57.5. The Hall–Kier alpha value is -7.23. The van der Waals surface area contributed by atoms with Crippen LogP contribution in [0.2, 0.25) is 0 Å². The van der Waals surface area contributed by atoms with Crippen LogP contribution >= 0.6 is 16.4 Å². The number of phosphoric ester groups is 1. The molecule has 4 aromatic carbocycles. The molecule has 3 aromatic heterocycles. The molecule has 1 amide bonds. The van der Waals surface area contributed by atoms with Crippen molar-refractivity contribution in [3.63, 3.8) is 0 Å². The zero-order valence-electron chi connectivity index (χ0n) is 43.9. The predicted molar refractivity (Wildman–Crippen MR) is 291 cm³/mol. The average Bonchev–Trinajstić information content (AvgIpc) is 4.21. The fourth-order valence-corrected chi connectivity index (χ4v) is 11.2. The summed E-state index contributed by atoms with van der Waals surface area (Å²) in [5.74, 6) is 1.10. The molecule has 2 aliphatic heterocycles. The first-order valence-electron chi connectivity index (χ1n) is 25.4. The third kappa shape index (κ3) is 13.3. The molecule has 2 aliphatic rings. The fraction of sp³-hybridized carbons (Fsp3) is 0.352. The van der Waals surface area contributed by atoms with Crippen molar-refractivity contribution in [3.8, 4) is 17.6 Å². The minimum atomic E-state index is -4.84. The van der Waals surface area contributed by atoms with Gasteiger partial charge in [-0.3, -0.25) is 37.3 Å². The summed E-state index contributed by atoms with van der Waals surface area (Å²) in [5.41, 5.74) is -0.0984. The molecule has 26 heteroatoms. The Balaban J connectivity index is 1.04. The molecule has 0 spiro atoms. The number of hydrogen-bond acceptors (Lipinski definition) is 20. The van der Waals surface area contributed by atoms with Gasteiger partial charge >= 0.3 is 22.1 Å². The number of hydrogen-bond donors (Lipinski definition) is 5. The van der Waals surface area contributed by atoms with E-state index in [9.17, 15) is 29.4 Å². The van der Waals surface area contributed by atoms with Gasteiger partial charge in [0.25, 0.3) is 11.5 Å². The van der Waals surface area contributed by atoms with E-state index >= 15 is 4.57 Å². The standard InChI is InChI=1S/C54H59N9O15P2/c1-34(2)30-56-52-60-49-48(51(65)61-52)57-33-63(49)47-28-41(77-79(67)68)44(76-47)32-74-80(69,73-27-11-25-55)78-42-29-46(62-26-24-45(59-53(62)66)58-50(64)35-12-7-5-8-13-35)75-43(42)31-72-54(36-14-9-6-10-15-36,37-16-20-39(70-3)21-17-37)38-18-22-40(71-4)23-19-38/h5-10,12-24,26,33-34,41-44,46-47,67-68H,11,27-32H2,1-4H3,(H2,56,60,61,65)(H,58,59,64,66)/t41-,42-,43+,44+,46+,47+,80?/m0/s1. The van der Waals surface area contributed by atoms with Crippen LogP contribution in [0, 0.1) is 17.2 Å². The van der Waals surface area contributed by atoms with Crippen molar-refractivity contribution in [2.75, 3.05) is 51.2 Å². The highest BCUT2D eigenvalue weighted by molar-refractivity contribution is 7.48. The van der Waals surface area contributed by atoms with Crippen LogP contribution in [0.4, 0.5) is 11.8 Å². The maximum atomic E-state index is 15.2. The summed E-state index contributed by atoms with van der Waals surface area (Å²) < 4.78 is 73.1. The van der Waals surface area contributed by atoms with Crippen LogP contribution in [0.15, 0.2) is 137 Å². The lowest BCUT2D eigenvalue weighted by molar-refractivity contribution is -0.0958. The van der Waals surface area contributed by atoms with Crippen molar-refractivity contribution < 1.29 is 60.9 Å². The third-order valence-corrected chi connectivity index (χ3v) is 15.1. The number of H-pyrrole nitrogens is 1. The monoisotopic (exact) mass is 1140 g/mol. The van der Waals surface area contributed by atoms with Gasteiger partial charge in [0, 0.05) is 31.1 Å². The van der Waals surface area contributed by atoms with Gasteiger partial charge in [-0.15, -0.1) is 0 Å². The van der Waals surface area contributed by atoms with Crippen LogP contribution < -0.4 is 31.4 Å². The number of imidazole rings is 1. The first-order valence-corrected chi connectivity index (χ1v) is 28.1. The fourth-order valence-electron chi connectivity index (χ4n) is 9.30. The molecule has 7 aromatic rings. The van der Waals surface area contributed by atoms with Gasteiger partial charge in [-0.2, -0.15) is 15.2 Å². The lowest BCUT2D eigenvalue weighted by atomic mass is 9.80. The summed E-state index contributed by atoms with van der Waals surface area (Å²) in [5, 5.41) is 15.3. The number of aromatic nitrogens is 6. The van der Waals surface area contributed by atoms with Crippen LogP contribution in [-0.4, -0.2) is 110 Å². The Kier molecular flexibility index (Phi) is 18.6. The van der Waals surface area contributed by atoms with Gasteiger partial charge in [0.05, 0.1) is 59.0 Å². The van der Waals surface area contributed by atoms with E-state index in [0.29, 0.717) is 40.3 Å². The Bertz CT molecular complexity index is 3370. The Morgan fingerprint density at radius 3 is 2.06 bits per heavy atom. The number of ether oxygens (including phenoxy) is 5. The molecule has 7 atom stereocenters. The number of anilines is 2. The molecule has 0 saturated carbocycles. The highest BCUT2D eigenvalue weighted by Gasteiger charge is 2.48. The smallest absolute Gasteiger partial charge is 0.475 e. The number of methoxy groups -OCH3 is 2. The number of carbonyl (C=O) groups is 1. The Morgan fingerprint density at radius 1 is 0.838 bits per heavy atom. The highest BCUT2D eigenvalue weighted by atomic mass is 31.2. The van der Waals surface area contributed by atoms with Crippen LogP contribution in [-0.2, 0) is 42.5 Å². The molecule has 24 nitrogen and oxygen atoms in total. The summed E-state index contributed by atoms with van der Waals surface area (Å²) in [6.45, 7) is 3.18. The van der Waals surface area contributed by atoms with Crippen LogP contribution in [0.5, 0.6) is 11.5 Å². The van der Waals surface area contributed by atoms with Gasteiger partial charge in [0.1, 0.15) is 53.7 Å². The van der Waals surface area contributed by atoms with E-state index in [1.54, 1.807) is 68.8 Å². The van der Waals surface area contributed by atoms with Crippen molar-refractivity contribution >= 4 is 45.3 Å². The molecule has 420 valence electrons. The van der Waals surface area contributed by atoms with E-state index in [0.717, 1.165) is 0 Å². The molecule has 80 heavy (non-hydrogen) atoms. The van der Waals surface area contributed by atoms with Crippen LogP contribution in [0.3, 0.4) is 0 Å². The number of phosphoric acid groups is 1. The van der Waals surface area contributed by atoms with Crippen LogP contribution in [0.1, 0.15) is 72.6 Å². The van der Waals surface area contributed by atoms with E-state index in [4.69, 9.17) is 41.8 Å². The molecule has 2 fully saturated rings. The molecule has 2 saturated heterocycles. The number of amides is 1. The number of aromatic amines is 1. The summed E-state index contributed by atoms with van der Waals surface area (Å²) in [7, 11) is -4.68. The van der Waals surface area contributed by atoms with E-state index in [1.807, 2.05) is 74.5 Å². The van der Waals surface area contributed by atoms with E-state index < -0.39 is 89.3 Å². The second-order valence-corrected chi connectivity index (χ2v) is 21.2. The van der Waals surface area contributed by atoms with Gasteiger partial charge in [0.15, 0.2) is 11.2 Å². The molecular formula is C54H59N9O15P2. The van der Waals surface area contributed by atoms with Crippen molar-refractivity contribution in [1.82, 2.24) is 29.1 Å². The van der Waals surface area contributed by atoms with Gasteiger partial charge in [-0.05, 0) is 65.1 Å². The van der Waals surface area contributed by atoms with Crippen molar-refractivity contribution in [2.24, 2.45) is 5.92 Å². The predicted octanol–water partition coefficient (Wildman–Crippen LogP) is 7.33. The van der Waals surface area contributed by atoms with Gasteiger partial charge in [0.2, 0.25) is 5.95 Å². The Labute approximate surface area is 460 Å². The lowest BCUT2D eigenvalue weighted by Crippen LogP contribution is -2.38. The SMILES string of the molecule is COc1ccc(C(OC[C@H]2O[C@@H](n3ccc(NC(=O)c4ccccc4)nc3=O)C[C@@H]2OP(=O)(OCCC#N)OC[C@H]2O[C@@H](n3cnc4c(=O)[nH]c(NCC(C)C)nc43)C[C@@H]2OP(O)O)(c2ccccc2)c2ccc(OC)cc2)cc1. The first-order chi connectivity index (χ1) is 38.7. The molecule has 0 bridgehead atoms. The third-order valence-electron chi connectivity index (χ3n) is 13.2. The van der Waals surface area contributed by atoms with Crippen molar-refractivity contribution in [2.45, 2.75) is 75.6 Å². The van der Waals surface area contributed by atoms with Gasteiger partial charge < -0.3 is 48.6 Å².